The van der Waals surface area contributed by atoms with Gasteiger partial charge in [0, 0.05) is 18.7 Å². The van der Waals surface area contributed by atoms with Gasteiger partial charge in [-0.2, -0.15) is 0 Å². The highest BCUT2D eigenvalue weighted by Gasteiger charge is 2.17. The Morgan fingerprint density at radius 1 is 1.48 bits per heavy atom. The van der Waals surface area contributed by atoms with Crippen LogP contribution in [0.25, 0.3) is 0 Å². The lowest BCUT2D eigenvalue weighted by atomic mass is 10.0. The van der Waals surface area contributed by atoms with Crippen LogP contribution in [0.3, 0.4) is 0 Å². The van der Waals surface area contributed by atoms with E-state index in [1.807, 2.05) is 0 Å². The molecule has 3 N–H and O–H groups in total. The first kappa shape index (κ1) is 15.9. The molecule has 2 rings (SSSR count). The third kappa shape index (κ3) is 4.26. The summed E-state index contributed by atoms with van der Waals surface area (Å²) >= 11 is 0. The smallest absolute Gasteiger partial charge is 0.251 e. The molecule has 0 aromatic heterocycles. The van der Waals surface area contributed by atoms with Crippen molar-refractivity contribution in [1.29, 1.82) is 0 Å². The molecule has 1 aliphatic rings. The van der Waals surface area contributed by atoms with Crippen LogP contribution in [-0.4, -0.2) is 34.1 Å². The Balaban J connectivity index is 2.02. The van der Waals surface area contributed by atoms with Crippen LogP contribution in [0.1, 0.15) is 28.8 Å². The maximum atomic E-state index is 12.1. The average Bonchev–Trinajstić information content (AvgIpc) is 2.45. The molecule has 1 aromatic rings. The van der Waals surface area contributed by atoms with Crippen LogP contribution in [0.2, 0.25) is 0 Å². The van der Waals surface area contributed by atoms with Gasteiger partial charge in [0.25, 0.3) is 5.91 Å². The summed E-state index contributed by atoms with van der Waals surface area (Å²) in [7, 11) is -3.75. The second kappa shape index (κ2) is 6.55. The van der Waals surface area contributed by atoms with Gasteiger partial charge in [-0.3, -0.25) is 4.79 Å². The summed E-state index contributed by atoms with van der Waals surface area (Å²) in [5.41, 5.74) is 1.04. The molecular formula is C14H20N2O4S. The second-order valence-corrected chi connectivity index (χ2v) is 6.88. The summed E-state index contributed by atoms with van der Waals surface area (Å²) < 4.78 is 27.9. The number of carbonyl (C=O) groups excluding carboxylic acids is 1. The predicted octanol–water partition coefficient (Wildman–Crippen LogP) is 0.799. The Bertz CT molecular complexity index is 622. The van der Waals surface area contributed by atoms with Crippen molar-refractivity contribution in [2.24, 2.45) is 11.1 Å². The first-order chi connectivity index (χ1) is 9.88. The maximum Gasteiger partial charge on any atom is 0.251 e. The van der Waals surface area contributed by atoms with Crippen LogP contribution >= 0.6 is 0 Å². The molecule has 1 amide bonds. The number of sulfonamides is 1. The monoisotopic (exact) mass is 312 g/mol. The molecule has 0 aliphatic carbocycles. The van der Waals surface area contributed by atoms with Gasteiger partial charge >= 0.3 is 0 Å². The summed E-state index contributed by atoms with van der Waals surface area (Å²) in [5.74, 6) is 0.130. The van der Waals surface area contributed by atoms with E-state index in [1.54, 1.807) is 6.92 Å². The number of aryl methyl sites for hydroxylation is 1. The lowest BCUT2D eigenvalue weighted by molar-refractivity contribution is 0.0536. The molecule has 7 heteroatoms. The second-order valence-electron chi connectivity index (χ2n) is 5.31. The number of rotatable bonds is 4. The molecule has 1 aromatic carbocycles. The van der Waals surface area contributed by atoms with Crippen molar-refractivity contribution < 1.29 is 17.9 Å². The molecular weight excluding hydrogens is 292 g/mol. The summed E-state index contributed by atoms with van der Waals surface area (Å²) in [5, 5.41) is 7.93. The van der Waals surface area contributed by atoms with Gasteiger partial charge in [-0.05, 0) is 49.4 Å². The van der Waals surface area contributed by atoms with Gasteiger partial charge in [-0.1, -0.05) is 0 Å². The normalized spacial score (nSPS) is 19.2. The van der Waals surface area contributed by atoms with E-state index >= 15 is 0 Å². The molecule has 1 heterocycles. The van der Waals surface area contributed by atoms with Crippen molar-refractivity contribution in [3.63, 3.8) is 0 Å². The molecule has 0 saturated carbocycles. The fourth-order valence-corrected chi connectivity index (χ4v) is 2.97. The van der Waals surface area contributed by atoms with E-state index in [1.165, 1.54) is 18.2 Å². The lowest BCUT2D eigenvalue weighted by Gasteiger charge is -2.22. The fraction of sp³-hybridized carbons (Fsp3) is 0.500. The van der Waals surface area contributed by atoms with Crippen molar-refractivity contribution in [1.82, 2.24) is 5.32 Å². The molecule has 0 spiro atoms. The van der Waals surface area contributed by atoms with Crippen LogP contribution in [0, 0.1) is 12.8 Å². The molecule has 1 saturated heterocycles. The quantitative estimate of drug-likeness (QED) is 0.859. The number of hydrogen-bond donors (Lipinski definition) is 2. The van der Waals surface area contributed by atoms with E-state index in [0.29, 0.717) is 30.2 Å². The van der Waals surface area contributed by atoms with Crippen molar-refractivity contribution >= 4 is 15.9 Å². The molecule has 0 bridgehead atoms. The van der Waals surface area contributed by atoms with Crippen molar-refractivity contribution in [2.75, 3.05) is 19.8 Å². The molecule has 1 atom stereocenters. The Morgan fingerprint density at radius 2 is 2.24 bits per heavy atom. The lowest BCUT2D eigenvalue weighted by Crippen LogP contribution is -2.33. The number of ether oxygens (including phenoxy) is 1. The minimum atomic E-state index is -3.75. The average molecular weight is 312 g/mol. The van der Waals surface area contributed by atoms with E-state index in [-0.39, 0.29) is 10.8 Å². The molecule has 21 heavy (non-hydrogen) atoms. The van der Waals surface area contributed by atoms with Gasteiger partial charge in [0.05, 0.1) is 11.5 Å². The van der Waals surface area contributed by atoms with Gasteiger partial charge in [0.2, 0.25) is 10.0 Å². The number of nitrogens with two attached hydrogens (primary N) is 1. The van der Waals surface area contributed by atoms with Gasteiger partial charge in [0.1, 0.15) is 0 Å². The minimum Gasteiger partial charge on any atom is -0.381 e. The summed E-state index contributed by atoms with van der Waals surface area (Å²) in [6.07, 6.45) is 2.06. The predicted molar refractivity (Wildman–Crippen MR) is 78.4 cm³/mol. The molecule has 1 aliphatic heterocycles. The van der Waals surface area contributed by atoms with Crippen molar-refractivity contribution in [3.05, 3.63) is 29.3 Å². The Labute approximate surface area is 124 Å². The standard InChI is InChI=1S/C14H20N2O4S/c1-10-7-12(21(15,18)19)4-5-13(10)14(17)16-8-11-3-2-6-20-9-11/h4-5,7,11H,2-3,6,8-9H2,1H3,(H,16,17)(H2,15,18,19). The zero-order valence-electron chi connectivity index (χ0n) is 12.0. The zero-order valence-corrected chi connectivity index (χ0v) is 12.8. The van der Waals surface area contributed by atoms with Gasteiger partial charge < -0.3 is 10.1 Å². The van der Waals surface area contributed by atoms with Crippen molar-refractivity contribution in [3.8, 4) is 0 Å². The third-order valence-electron chi connectivity index (χ3n) is 3.58. The highest BCUT2D eigenvalue weighted by Crippen LogP contribution is 2.15. The van der Waals surface area contributed by atoms with Gasteiger partial charge in [-0.15, -0.1) is 0 Å². The Morgan fingerprint density at radius 3 is 2.81 bits per heavy atom. The highest BCUT2D eigenvalue weighted by molar-refractivity contribution is 7.89. The SMILES string of the molecule is Cc1cc(S(N)(=O)=O)ccc1C(=O)NCC1CCCOC1. The van der Waals surface area contributed by atoms with Crippen LogP contribution in [0.5, 0.6) is 0 Å². The van der Waals surface area contributed by atoms with Crippen LogP contribution in [-0.2, 0) is 14.8 Å². The summed E-state index contributed by atoms with van der Waals surface area (Å²) in [6, 6.07) is 4.25. The summed E-state index contributed by atoms with van der Waals surface area (Å²) in [6.45, 7) is 3.71. The topological polar surface area (TPSA) is 98.5 Å². The van der Waals surface area contributed by atoms with E-state index < -0.39 is 10.0 Å². The van der Waals surface area contributed by atoms with E-state index in [0.717, 1.165) is 19.4 Å². The van der Waals surface area contributed by atoms with E-state index in [4.69, 9.17) is 9.88 Å². The first-order valence-corrected chi connectivity index (χ1v) is 8.42. The molecule has 6 nitrogen and oxygen atoms in total. The number of carbonyl (C=O) groups is 1. The highest BCUT2D eigenvalue weighted by atomic mass is 32.2. The number of hydrogen-bond acceptors (Lipinski definition) is 4. The number of nitrogens with one attached hydrogen (secondary N) is 1. The van der Waals surface area contributed by atoms with E-state index in [2.05, 4.69) is 5.32 Å². The Kier molecular flexibility index (Phi) is 4.97. The summed E-state index contributed by atoms with van der Waals surface area (Å²) in [4.78, 5) is 12.1. The number of amides is 1. The zero-order chi connectivity index (χ0) is 15.5. The fourth-order valence-electron chi connectivity index (χ4n) is 2.37. The van der Waals surface area contributed by atoms with Gasteiger partial charge in [0.15, 0.2) is 0 Å². The van der Waals surface area contributed by atoms with Crippen molar-refractivity contribution in [2.45, 2.75) is 24.7 Å². The Hall–Kier alpha value is -1.44. The van der Waals surface area contributed by atoms with Crippen LogP contribution in [0.15, 0.2) is 23.1 Å². The first-order valence-electron chi connectivity index (χ1n) is 6.87. The molecule has 0 radical (unpaired) electrons. The van der Waals surface area contributed by atoms with Crippen LogP contribution in [0.4, 0.5) is 0 Å². The largest absolute Gasteiger partial charge is 0.381 e. The number of primary sulfonamides is 1. The number of benzene rings is 1. The molecule has 116 valence electrons. The minimum absolute atomic E-state index is 0.0113. The van der Waals surface area contributed by atoms with Gasteiger partial charge in [-0.25, -0.2) is 13.6 Å². The molecule has 1 fully saturated rings. The third-order valence-corrected chi connectivity index (χ3v) is 4.49. The van der Waals surface area contributed by atoms with E-state index in [9.17, 15) is 13.2 Å². The molecule has 1 unspecified atom stereocenters. The maximum absolute atomic E-state index is 12.1. The van der Waals surface area contributed by atoms with Crippen LogP contribution < -0.4 is 10.5 Å².